The van der Waals surface area contributed by atoms with Crippen LogP contribution in [0.1, 0.15) is 24.8 Å². The number of carbonyl (C=O) groups is 1. The zero-order valence-electron chi connectivity index (χ0n) is 10.4. The zero-order chi connectivity index (χ0) is 12.8. The molecule has 0 spiro atoms. The largest absolute Gasteiger partial charge is 0.465 e. The van der Waals surface area contributed by atoms with Crippen molar-refractivity contribution in [2.75, 3.05) is 6.54 Å². The van der Waals surface area contributed by atoms with Gasteiger partial charge in [-0.15, -0.1) is 0 Å². The second-order valence-electron chi connectivity index (χ2n) is 5.54. The second kappa shape index (κ2) is 3.87. The number of nitrogens with zero attached hydrogens (tertiary/aromatic N) is 1. The van der Waals surface area contributed by atoms with Gasteiger partial charge in [0, 0.05) is 12.0 Å². The highest BCUT2D eigenvalue weighted by molar-refractivity contribution is 5.67. The molecule has 0 unspecified atom stereocenters. The van der Waals surface area contributed by atoms with Crippen LogP contribution in [0.5, 0.6) is 0 Å². The molecule has 0 radical (unpaired) electrons. The summed E-state index contributed by atoms with van der Waals surface area (Å²) in [4.78, 5) is 12.8. The van der Waals surface area contributed by atoms with Crippen LogP contribution in [0.3, 0.4) is 0 Å². The van der Waals surface area contributed by atoms with Crippen LogP contribution in [-0.4, -0.2) is 28.7 Å². The maximum Gasteiger partial charge on any atom is 0.407 e. The van der Waals surface area contributed by atoms with E-state index in [1.807, 2.05) is 6.07 Å². The monoisotopic (exact) mass is 243 g/mol. The highest BCUT2D eigenvalue weighted by atomic mass is 16.4. The molecule has 2 bridgehead atoms. The minimum Gasteiger partial charge on any atom is -0.465 e. The zero-order valence-corrected chi connectivity index (χ0v) is 10.4. The van der Waals surface area contributed by atoms with E-state index in [1.54, 1.807) is 4.90 Å². The fourth-order valence-electron chi connectivity index (χ4n) is 3.33. The van der Waals surface area contributed by atoms with Gasteiger partial charge in [-0.05, 0) is 17.9 Å². The lowest BCUT2D eigenvalue weighted by molar-refractivity contribution is 0.0596. The molecule has 0 saturated carbocycles. The van der Waals surface area contributed by atoms with Gasteiger partial charge in [-0.1, -0.05) is 49.4 Å². The Kier molecular flexibility index (Phi) is 2.44. The maximum atomic E-state index is 11.2. The molecular weight excluding hydrogens is 226 g/mol. The van der Waals surface area contributed by atoms with Gasteiger partial charge in [0.2, 0.25) is 0 Å². The first-order valence-electron chi connectivity index (χ1n) is 6.34. The normalized spacial score (nSPS) is 33.7. The summed E-state index contributed by atoms with van der Waals surface area (Å²) in [6.45, 7) is 2.76. The van der Waals surface area contributed by atoms with E-state index < -0.39 is 6.09 Å². The molecule has 1 N–H and O–H groups in total. The van der Waals surface area contributed by atoms with E-state index in [1.165, 1.54) is 5.56 Å². The molecule has 2 heterocycles. The molecule has 1 aromatic carbocycles. The average Bonchev–Trinajstić information content (AvgIpc) is 2.39. The van der Waals surface area contributed by atoms with Crippen molar-refractivity contribution in [3.8, 4) is 0 Å². The van der Waals surface area contributed by atoms with E-state index in [0.29, 0.717) is 12.5 Å². The lowest BCUT2D eigenvalue weighted by atomic mass is 9.64. The van der Waals surface area contributed by atoms with Gasteiger partial charge in [0.25, 0.3) is 0 Å². The first-order chi connectivity index (χ1) is 8.60. The van der Waals surface area contributed by atoms with Crippen molar-refractivity contribution in [1.82, 2.24) is 4.90 Å². The van der Waals surface area contributed by atoms with Gasteiger partial charge in [-0.2, -0.15) is 0 Å². The Hall–Kier alpha value is -1.77. The van der Waals surface area contributed by atoms with Crippen LogP contribution in [0, 0.1) is 5.41 Å². The third-order valence-corrected chi connectivity index (χ3v) is 4.33. The maximum absolute atomic E-state index is 11.2. The fourth-order valence-corrected chi connectivity index (χ4v) is 3.33. The summed E-state index contributed by atoms with van der Waals surface area (Å²) < 4.78 is 0. The molecule has 94 valence electrons. The Labute approximate surface area is 107 Å². The van der Waals surface area contributed by atoms with Gasteiger partial charge in [0.05, 0.1) is 6.04 Å². The molecule has 0 aromatic heterocycles. The molecule has 3 nitrogen and oxygen atoms in total. The van der Waals surface area contributed by atoms with Crippen molar-refractivity contribution in [2.45, 2.75) is 25.3 Å². The summed E-state index contributed by atoms with van der Waals surface area (Å²) in [5.41, 5.74) is 1.24. The van der Waals surface area contributed by atoms with E-state index in [2.05, 4.69) is 43.3 Å². The first-order valence-corrected chi connectivity index (χ1v) is 6.34. The average molecular weight is 243 g/mol. The van der Waals surface area contributed by atoms with Crippen molar-refractivity contribution < 1.29 is 9.90 Å². The summed E-state index contributed by atoms with van der Waals surface area (Å²) in [6.07, 6.45) is 4.35. The third-order valence-electron chi connectivity index (χ3n) is 4.33. The van der Waals surface area contributed by atoms with Gasteiger partial charge < -0.3 is 10.0 Å². The number of piperidine rings is 1. The Balaban J connectivity index is 1.95. The second-order valence-corrected chi connectivity index (χ2v) is 5.54. The number of carboxylic acid groups (broad SMARTS) is 1. The van der Waals surface area contributed by atoms with Gasteiger partial charge in [-0.25, -0.2) is 4.79 Å². The van der Waals surface area contributed by atoms with Crippen molar-refractivity contribution in [3.63, 3.8) is 0 Å². The quantitative estimate of drug-likeness (QED) is 0.770. The first kappa shape index (κ1) is 11.3. The molecule has 18 heavy (non-hydrogen) atoms. The van der Waals surface area contributed by atoms with Gasteiger partial charge in [0.1, 0.15) is 0 Å². The highest BCUT2D eigenvalue weighted by Crippen LogP contribution is 2.49. The number of amides is 1. The number of rotatable bonds is 1. The number of fused-ring (bicyclic) bond motifs is 2. The molecule has 2 aliphatic heterocycles. The van der Waals surface area contributed by atoms with E-state index in [9.17, 15) is 9.90 Å². The smallest absolute Gasteiger partial charge is 0.407 e. The van der Waals surface area contributed by atoms with Crippen LogP contribution in [0.2, 0.25) is 0 Å². The lowest BCUT2D eigenvalue weighted by Crippen LogP contribution is -2.55. The van der Waals surface area contributed by atoms with E-state index in [-0.39, 0.29) is 11.5 Å². The summed E-state index contributed by atoms with van der Waals surface area (Å²) >= 11 is 0. The minimum absolute atomic E-state index is 0.0366. The van der Waals surface area contributed by atoms with Crippen LogP contribution >= 0.6 is 0 Å². The molecule has 1 aromatic rings. The van der Waals surface area contributed by atoms with E-state index >= 15 is 0 Å². The summed E-state index contributed by atoms with van der Waals surface area (Å²) in [5, 5.41) is 9.22. The fraction of sp³-hybridized carbons (Fsp3) is 0.400. The Bertz CT molecular complexity index is 496. The Morgan fingerprint density at radius 2 is 2.11 bits per heavy atom. The van der Waals surface area contributed by atoms with Crippen LogP contribution in [0.4, 0.5) is 4.79 Å². The van der Waals surface area contributed by atoms with Crippen LogP contribution in [0.15, 0.2) is 42.5 Å². The van der Waals surface area contributed by atoms with E-state index in [0.717, 1.165) is 6.42 Å². The molecular formula is C15H17NO2. The predicted molar refractivity (Wildman–Crippen MR) is 69.6 cm³/mol. The summed E-state index contributed by atoms with van der Waals surface area (Å²) in [7, 11) is 0. The van der Waals surface area contributed by atoms with Crippen LogP contribution in [0.25, 0.3) is 0 Å². The van der Waals surface area contributed by atoms with Crippen LogP contribution in [-0.2, 0) is 0 Å². The molecule has 3 atom stereocenters. The topological polar surface area (TPSA) is 40.5 Å². The minimum atomic E-state index is -0.804. The van der Waals surface area contributed by atoms with Crippen LogP contribution < -0.4 is 0 Å². The highest BCUT2D eigenvalue weighted by Gasteiger charge is 2.47. The molecule has 1 aliphatic carbocycles. The Morgan fingerprint density at radius 3 is 2.72 bits per heavy atom. The molecule has 1 amide bonds. The molecule has 1 saturated heterocycles. The standard InChI is InChI=1S/C15H17NO2/c1-15-8-7-12(16(10-15)14(17)18)9-13(15)11-5-3-2-4-6-11/h2-8,12-13H,9-10H2,1H3,(H,17,18)/t12-,13-,15-/m0/s1. The van der Waals surface area contributed by atoms with Gasteiger partial charge >= 0.3 is 6.09 Å². The van der Waals surface area contributed by atoms with Gasteiger partial charge in [-0.3, -0.25) is 0 Å². The van der Waals surface area contributed by atoms with Crippen molar-refractivity contribution in [1.29, 1.82) is 0 Å². The number of hydrogen-bond donors (Lipinski definition) is 1. The molecule has 3 heteroatoms. The molecule has 3 aliphatic rings. The van der Waals surface area contributed by atoms with Crippen molar-refractivity contribution >= 4 is 6.09 Å². The third kappa shape index (κ3) is 1.62. The molecule has 1 fully saturated rings. The van der Waals surface area contributed by atoms with Crippen molar-refractivity contribution in [2.24, 2.45) is 5.41 Å². The van der Waals surface area contributed by atoms with E-state index in [4.69, 9.17) is 0 Å². The SMILES string of the molecule is C[C@@]12C=C[C@@H](C[C@H]1c1ccccc1)N(C(=O)O)C2. The number of benzene rings is 1. The summed E-state index contributed by atoms with van der Waals surface area (Å²) in [5.74, 6) is 0.421. The predicted octanol–water partition coefficient (Wildman–Crippen LogP) is 3.10. The number of hydrogen-bond acceptors (Lipinski definition) is 1. The van der Waals surface area contributed by atoms with Crippen molar-refractivity contribution in [3.05, 3.63) is 48.0 Å². The lowest BCUT2D eigenvalue weighted by Gasteiger charge is -2.51. The summed E-state index contributed by atoms with van der Waals surface area (Å²) in [6, 6.07) is 10.5. The Morgan fingerprint density at radius 1 is 1.39 bits per heavy atom. The molecule has 4 rings (SSSR count). The van der Waals surface area contributed by atoms with Gasteiger partial charge in [0.15, 0.2) is 0 Å².